The molecule has 126 valence electrons. The standard InChI is InChI=1S/C19H16F2N4/c1-24-12-25(11-13-4-6-22-7-5-13)18-9-15(10-23-19(18)24)14-2-3-16(20)17(21)8-14/h2-10H,11-12H2,1H3. The molecule has 0 unspecified atom stereocenters. The van der Waals surface area contributed by atoms with Gasteiger partial charge < -0.3 is 9.80 Å². The molecule has 3 aromatic rings. The third-order valence-electron chi connectivity index (χ3n) is 4.31. The van der Waals surface area contributed by atoms with Crippen molar-refractivity contribution >= 4 is 11.5 Å². The van der Waals surface area contributed by atoms with Gasteiger partial charge in [-0.15, -0.1) is 0 Å². The lowest BCUT2D eigenvalue weighted by Crippen LogP contribution is -2.27. The van der Waals surface area contributed by atoms with Crippen molar-refractivity contribution in [3.05, 3.63) is 72.2 Å². The van der Waals surface area contributed by atoms with Gasteiger partial charge in [-0.05, 0) is 41.5 Å². The summed E-state index contributed by atoms with van der Waals surface area (Å²) in [5.41, 5.74) is 3.48. The monoisotopic (exact) mass is 338 g/mol. The van der Waals surface area contributed by atoms with E-state index in [1.165, 1.54) is 6.07 Å². The van der Waals surface area contributed by atoms with Crippen molar-refractivity contribution in [1.82, 2.24) is 9.97 Å². The number of aromatic nitrogens is 2. The van der Waals surface area contributed by atoms with Crippen LogP contribution in [-0.4, -0.2) is 23.7 Å². The first kappa shape index (κ1) is 15.5. The van der Waals surface area contributed by atoms with E-state index >= 15 is 0 Å². The fourth-order valence-corrected chi connectivity index (χ4v) is 3.05. The molecule has 0 saturated carbocycles. The van der Waals surface area contributed by atoms with Crippen LogP contribution in [0.5, 0.6) is 0 Å². The van der Waals surface area contributed by atoms with E-state index in [4.69, 9.17) is 0 Å². The minimum Gasteiger partial charge on any atom is -0.346 e. The molecular weight excluding hydrogens is 322 g/mol. The fraction of sp³-hybridized carbons (Fsp3) is 0.158. The molecular formula is C19H16F2N4. The molecule has 0 atom stereocenters. The Bertz CT molecular complexity index is 915. The molecule has 0 saturated heterocycles. The maximum Gasteiger partial charge on any atom is 0.159 e. The minimum absolute atomic E-state index is 0.604. The van der Waals surface area contributed by atoms with Gasteiger partial charge in [-0.3, -0.25) is 4.98 Å². The lowest BCUT2D eigenvalue weighted by atomic mass is 10.1. The maximum atomic E-state index is 13.5. The summed E-state index contributed by atoms with van der Waals surface area (Å²) in [6, 6.07) is 9.83. The second-order valence-electron chi connectivity index (χ2n) is 6.09. The highest BCUT2D eigenvalue weighted by Crippen LogP contribution is 2.37. The van der Waals surface area contributed by atoms with Crippen LogP contribution in [-0.2, 0) is 6.54 Å². The van der Waals surface area contributed by atoms with Gasteiger partial charge in [-0.1, -0.05) is 6.07 Å². The number of benzene rings is 1. The molecule has 25 heavy (non-hydrogen) atoms. The molecule has 0 aliphatic carbocycles. The molecule has 0 amide bonds. The average Bonchev–Trinajstić information content (AvgIpc) is 2.93. The Morgan fingerprint density at radius 2 is 1.80 bits per heavy atom. The molecule has 3 heterocycles. The number of anilines is 2. The molecule has 1 aliphatic rings. The zero-order valence-electron chi connectivity index (χ0n) is 13.7. The molecule has 2 aromatic heterocycles. The molecule has 0 radical (unpaired) electrons. The molecule has 0 N–H and O–H groups in total. The lowest BCUT2D eigenvalue weighted by Gasteiger charge is -2.19. The molecule has 0 bridgehead atoms. The number of nitrogens with zero attached hydrogens (tertiary/aromatic N) is 4. The van der Waals surface area contributed by atoms with Crippen molar-refractivity contribution in [2.24, 2.45) is 0 Å². The van der Waals surface area contributed by atoms with Crippen molar-refractivity contribution in [1.29, 1.82) is 0 Å². The summed E-state index contributed by atoms with van der Waals surface area (Å²) < 4.78 is 26.7. The largest absolute Gasteiger partial charge is 0.346 e. The molecule has 0 fully saturated rings. The van der Waals surface area contributed by atoms with Crippen LogP contribution in [0.3, 0.4) is 0 Å². The Morgan fingerprint density at radius 1 is 1.00 bits per heavy atom. The quantitative estimate of drug-likeness (QED) is 0.726. The Kier molecular flexibility index (Phi) is 3.80. The number of fused-ring (bicyclic) bond motifs is 1. The van der Waals surface area contributed by atoms with E-state index in [0.717, 1.165) is 35.2 Å². The first-order chi connectivity index (χ1) is 12.1. The summed E-state index contributed by atoms with van der Waals surface area (Å²) >= 11 is 0. The predicted octanol–water partition coefficient (Wildman–Crippen LogP) is 3.84. The number of pyridine rings is 2. The molecule has 6 heteroatoms. The lowest BCUT2D eigenvalue weighted by molar-refractivity contribution is 0.509. The van der Waals surface area contributed by atoms with Gasteiger partial charge in [0, 0.05) is 37.7 Å². The zero-order valence-corrected chi connectivity index (χ0v) is 13.7. The normalized spacial score (nSPS) is 13.2. The molecule has 1 aromatic carbocycles. The van der Waals surface area contributed by atoms with Crippen molar-refractivity contribution in [2.75, 3.05) is 23.5 Å². The van der Waals surface area contributed by atoms with Crippen molar-refractivity contribution < 1.29 is 8.78 Å². The third-order valence-corrected chi connectivity index (χ3v) is 4.31. The molecule has 1 aliphatic heterocycles. The fourth-order valence-electron chi connectivity index (χ4n) is 3.05. The summed E-state index contributed by atoms with van der Waals surface area (Å²) in [4.78, 5) is 12.8. The van der Waals surface area contributed by atoms with Crippen LogP contribution in [0.1, 0.15) is 5.56 Å². The van der Waals surface area contributed by atoms with Crippen molar-refractivity contribution in [3.8, 4) is 11.1 Å². The Balaban J connectivity index is 1.70. The van der Waals surface area contributed by atoms with Gasteiger partial charge in [0.05, 0.1) is 12.4 Å². The minimum atomic E-state index is -0.858. The molecule has 4 rings (SSSR count). The van der Waals surface area contributed by atoms with Crippen LogP contribution in [0.25, 0.3) is 11.1 Å². The Hall–Kier alpha value is -3.02. The van der Waals surface area contributed by atoms with Crippen LogP contribution in [0.15, 0.2) is 55.0 Å². The van der Waals surface area contributed by atoms with Crippen molar-refractivity contribution in [2.45, 2.75) is 6.54 Å². The zero-order chi connectivity index (χ0) is 17.4. The van der Waals surface area contributed by atoms with E-state index in [0.29, 0.717) is 12.2 Å². The van der Waals surface area contributed by atoms with Gasteiger partial charge in [0.25, 0.3) is 0 Å². The number of rotatable bonds is 3. The van der Waals surface area contributed by atoms with Crippen LogP contribution < -0.4 is 9.80 Å². The third kappa shape index (κ3) is 2.91. The highest BCUT2D eigenvalue weighted by molar-refractivity contribution is 5.78. The molecule has 4 nitrogen and oxygen atoms in total. The number of hydrogen-bond acceptors (Lipinski definition) is 4. The van der Waals surface area contributed by atoms with E-state index in [1.54, 1.807) is 24.7 Å². The van der Waals surface area contributed by atoms with Gasteiger partial charge in [0.2, 0.25) is 0 Å². The van der Waals surface area contributed by atoms with E-state index in [-0.39, 0.29) is 0 Å². The SMILES string of the molecule is CN1CN(Cc2ccncc2)c2cc(-c3ccc(F)c(F)c3)cnc21. The number of hydrogen-bond donors (Lipinski definition) is 0. The molecule has 0 spiro atoms. The smallest absolute Gasteiger partial charge is 0.159 e. The summed E-state index contributed by atoms with van der Waals surface area (Å²) in [6.45, 7) is 1.44. The highest BCUT2D eigenvalue weighted by Gasteiger charge is 2.25. The topological polar surface area (TPSA) is 32.3 Å². The van der Waals surface area contributed by atoms with Gasteiger partial charge in [0.15, 0.2) is 17.5 Å². The number of halogens is 2. The van der Waals surface area contributed by atoms with Gasteiger partial charge in [-0.25, -0.2) is 13.8 Å². The van der Waals surface area contributed by atoms with E-state index in [9.17, 15) is 8.78 Å². The van der Waals surface area contributed by atoms with E-state index in [2.05, 4.69) is 19.8 Å². The predicted molar refractivity (Wildman–Crippen MR) is 93.3 cm³/mol. The second-order valence-corrected chi connectivity index (χ2v) is 6.09. The van der Waals surface area contributed by atoms with Gasteiger partial charge in [0.1, 0.15) is 0 Å². The van der Waals surface area contributed by atoms with Gasteiger partial charge in [-0.2, -0.15) is 0 Å². The maximum absolute atomic E-state index is 13.5. The van der Waals surface area contributed by atoms with Crippen LogP contribution in [0.2, 0.25) is 0 Å². The first-order valence-corrected chi connectivity index (χ1v) is 7.92. The van der Waals surface area contributed by atoms with Crippen LogP contribution >= 0.6 is 0 Å². The summed E-state index contributed by atoms with van der Waals surface area (Å²) in [7, 11) is 1.98. The highest BCUT2D eigenvalue weighted by atomic mass is 19.2. The second kappa shape index (κ2) is 6.12. The average molecular weight is 338 g/mol. The van der Waals surface area contributed by atoms with Crippen molar-refractivity contribution in [3.63, 3.8) is 0 Å². The summed E-state index contributed by atoms with van der Waals surface area (Å²) in [6.07, 6.45) is 5.23. The van der Waals surface area contributed by atoms with Crippen LogP contribution in [0.4, 0.5) is 20.3 Å². The van der Waals surface area contributed by atoms with Gasteiger partial charge >= 0.3 is 0 Å². The Morgan fingerprint density at radius 3 is 2.56 bits per heavy atom. The summed E-state index contributed by atoms with van der Waals surface area (Å²) in [5.74, 6) is -0.832. The van der Waals surface area contributed by atoms with Crippen LogP contribution in [0, 0.1) is 11.6 Å². The Labute approximate surface area is 144 Å². The van der Waals surface area contributed by atoms with E-state index in [1.807, 2.05) is 25.2 Å². The first-order valence-electron chi connectivity index (χ1n) is 7.92. The summed E-state index contributed by atoms with van der Waals surface area (Å²) in [5, 5.41) is 0. The van der Waals surface area contributed by atoms with E-state index < -0.39 is 11.6 Å².